The molecule has 0 radical (unpaired) electrons. The first kappa shape index (κ1) is 18.7. The van der Waals surface area contributed by atoms with Crippen LogP contribution in [0.1, 0.15) is 32.8 Å². The van der Waals surface area contributed by atoms with Crippen LogP contribution in [-0.2, 0) is 6.54 Å². The maximum absolute atomic E-state index is 5.61. The van der Waals surface area contributed by atoms with Crippen molar-refractivity contribution in [2.45, 2.75) is 39.8 Å². The van der Waals surface area contributed by atoms with Crippen LogP contribution in [0, 0.1) is 0 Å². The van der Waals surface area contributed by atoms with Crippen LogP contribution in [0.25, 0.3) is 0 Å². The molecule has 0 bridgehead atoms. The van der Waals surface area contributed by atoms with Crippen LogP contribution >= 0.6 is 27.7 Å². The van der Waals surface area contributed by atoms with Gasteiger partial charge in [-0.2, -0.15) is 11.8 Å². The Balaban J connectivity index is 2.61. The summed E-state index contributed by atoms with van der Waals surface area (Å²) in [6.45, 7) is 7.86. The first-order valence-corrected chi connectivity index (χ1v) is 9.37. The molecule has 0 aliphatic carbocycles. The van der Waals surface area contributed by atoms with E-state index in [-0.39, 0.29) is 0 Å². The Morgan fingerprint density at radius 3 is 2.71 bits per heavy atom. The first-order chi connectivity index (χ1) is 10.1. The third-order valence-corrected chi connectivity index (χ3v) is 4.65. The van der Waals surface area contributed by atoms with Crippen LogP contribution in [0.3, 0.4) is 0 Å². The molecular weight excluding hydrogens is 350 g/mol. The lowest BCUT2D eigenvalue weighted by Gasteiger charge is -2.16. The maximum atomic E-state index is 5.61. The van der Waals surface area contributed by atoms with E-state index in [9.17, 15) is 0 Å². The van der Waals surface area contributed by atoms with Crippen molar-refractivity contribution >= 4 is 27.7 Å². The number of benzene rings is 1. The summed E-state index contributed by atoms with van der Waals surface area (Å²) in [6, 6.07) is 4.64. The predicted octanol–water partition coefficient (Wildman–Crippen LogP) is 4.48. The molecule has 0 aromatic heterocycles. The van der Waals surface area contributed by atoms with Crippen molar-refractivity contribution in [2.24, 2.45) is 0 Å². The van der Waals surface area contributed by atoms with Crippen LogP contribution in [0.2, 0.25) is 0 Å². The molecule has 0 aliphatic rings. The van der Waals surface area contributed by atoms with Crippen molar-refractivity contribution < 1.29 is 9.47 Å². The summed E-state index contributed by atoms with van der Waals surface area (Å²) < 4.78 is 12.0. The molecule has 0 saturated heterocycles. The third-order valence-electron chi connectivity index (χ3n) is 3.13. The molecule has 1 unspecified atom stereocenters. The highest BCUT2D eigenvalue weighted by molar-refractivity contribution is 9.10. The van der Waals surface area contributed by atoms with E-state index in [0.717, 1.165) is 22.5 Å². The fourth-order valence-corrected chi connectivity index (χ4v) is 3.37. The summed E-state index contributed by atoms with van der Waals surface area (Å²) in [7, 11) is 1.67. The van der Waals surface area contributed by atoms with Gasteiger partial charge in [-0.15, -0.1) is 0 Å². The minimum Gasteiger partial charge on any atom is -0.493 e. The zero-order chi connectivity index (χ0) is 15.7. The van der Waals surface area contributed by atoms with Crippen molar-refractivity contribution in [1.82, 2.24) is 5.32 Å². The Labute approximate surface area is 141 Å². The minimum absolute atomic E-state index is 0.514. The number of halogens is 1. The smallest absolute Gasteiger partial charge is 0.175 e. The van der Waals surface area contributed by atoms with Gasteiger partial charge in [-0.1, -0.05) is 6.92 Å². The van der Waals surface area contributed by atoms with Crippen LogP contribution in [-0.4, -0.2) is 31.3 Å². The lowest BCUT2D eigenvalue weighted by atomic mass is 10.1. The van der Waals surface area contributed by atoms with E-state index >= 15 is 0 Å². The summed E-state index contributed by atoms with van der Waals surface area (Å²) >= 11 is 5.55. The van der Waals surface area contributed by atoms with Gasteiger partial charge in [0.1, 0.15) is 0 Å². The molecule has 0 heterocycles. The van der Waals surface area contributed by atoms with Gasteiger partial charge in [0.25, 0.3) is 0 Å². The van der Waals surface area contributed by atoms with Crippen molar-refractivity contribution in [3.05, 3.63) is 22.2 Å². The fourth-order valence-electron chi connectivity index (χ4n) is 1.96. The van der Waals surface area contributed by atoms with E-state index in [4.69, 9.17) is 9.47 Å². The van der Waals surface area contributed by atoms with Crippen molar-refractivity contribution in [1.29, 1.82) is 0 Å². The lowest BCUT2D eigenvalue weighted by molar-refractivity contribution is 0.308. The standard InChI is InChI=1S/C16H26BrNO2S/c1-5-20-16-14(17)9-13(10-15(16)19-4)11-18-12(3)7-8-21-6-2/h9-10,12,18H,5-8,11H2,1-4H3. The number of methoxy groups -OCH3 is 1. The van der Waals surface area contributed by atoms with E-state index in [2.05, 4.69) is 41.2 Å². The Bertz CT molecular complexity index is 429. The van der Waals surface area contributed by atoms with Crippen LogP contribution < -0.4 is 14.8 Å². The second-order valence-corrected chi connectivity index (χ2v) is 7.06. The van der Waals surface area contributed by atoms with E-state index in [1.54, 1.807) is 7.11 Å². The first-order valence-electron chi connectivity index (χ1n) is 7.42. The SMILES string of the molecule is CCOc1c(Br)cc(CNC(C)CCSCC)cc1OC. The van der Waals surface area contributed by atoms with Gasteiger partial charge in [-0.3, -0.25) is 0 Å². The minimum atomic E-state index is 0.514. The molecule has 1 N–H and O–H groups in total. The number of nitrogens with one attached hydrogen (secondary N) is 1. The van der Waals surface area contributed by atoms with Crippen molar-refractivity contribution in [2.75, 3.05) is 25.2 Å². The van der Waals surface area contributed by atoms with E-state index < -0.39 is 0 Å². The topological polar surface area (TPSA) is 30.5 Å². The Hall–Kier alpha value is -0.390. The number of ether oxygens (including phenoxy) is 2. The highest BCUT2D eigenvalue weighted by Gasteiger charge is 2.11. The molecule has 0 spiro atoms. The van der Waals surface area contributed by atoms with Gasteiger partial charge in [0.05, 0.1) is 18.2 Å². The normalized spacial score (nSPS) is 12.2. The summed E-state index contributed by atoms with van der Waals surface area (Å²) in [6.07, 6.45) is 1.19. The predicted molar refractivity (Wildman–Crippen MR) is 95.8 cm³/mol. The van der Waals surface area contributed by atoms with Gasteiger partial charge in [0.2, 0.25) is 0 Å². The summed E-state index contributed by atoms with van der Waals surface area (Å²) in [5.41, 5.74) is 1.19. The number of hydrogen-bond acceptors (Lipinski definition) is 4. The zero-order valence-electron chi connectivity index (χ0n) is 13.4. The molecule has 1 aromatic rings. The van der Waals surface area contributed by atoms with Crippen LogP contribution in [0.4, 0.5) is 0 Å². The molecule has 1 rings (SSSR count). The van der Waals surface area contributed by atoms with E-state index in [1.807, 2.05) is 24.8 Å². The number of thioether (sulfide) groups is 1. The van der Waals surface area contributed by atoms with Gasteiger partial charge >= 0.3 is 0 Å². The Kier molecular flexibility index (Phi) is 9.20. The quantitative estimate of drug-likeness (QED) is 0.610. The van der Waals surface area contributed by atoms with Gasteiger partial charge in [-0.25, -0.2) is 0 Å². The van der Waals surface area contributed by atoms with Gasteiger partial charge < -0.3 is 14.8 Å². The van der Waals surface area contributed by atoms with Crippen molar-refractivity contribution in [3.8, 4) is 11.5 Å². The molecule has 120 valence electrons. The van der Waals surface area contributed by atoms with Gasteiger partial charge in [0.15, 0.2) is 11.5 Å². The molecule has 21 heavy (non-hydrogen) atoms. The highest BCUT2D eigenvalue weighted by atomic mass is 79.9. The summed E-state index contributed by atoms with van der Waals surface area (Å²) in [4.78, 5) is 0. The molecule has 1 aromatic carbocycles. The Morgan fingerprint density at radius 2 is 2.10 bits per heavy atom. The largest absolute Gasteiger partial charge is 0.493 e. The second kappa shape index (κ2) is 10.4. The highest BCUT2D eigenvalue weighted by Crippen LogP contribution is 2.36. The molecular formula is C16H26BrNO2S. The number of hydrogen-bond donors (Lipinski definition) is 1. The monoisotopic (exact) mass is 375 g/mol. The average molecular weight is 376 g/mol. The lowest BCUT2D eigenvalue weighted by Crippen LogP contribution is -2.26. The second-order valence-electron chi connectivity index (χ2n) is 4.81. The fraction of sp³-hybridized carbons (Fsp3) is 0.625. The number of rotatable bonds is 10. The molecule has 0 amide bonds. The zero-order valence-corrected chi connectivity index (χ0v) is 15.8. The summed E-state index contributed by atoms with van der Waals surface area (Å²) in [5.74, 6) is 3.95. The van der Waals surface area contributed by atoms with Crippen LogP contribution in [0.15, 0.2) is 16.6 Å². The molecule has 3 nitrogen and oxygen atoms in total. The molecule has 1 atom stereocenters. The summed E-state index contributed by atoms with van der Waals surface area (Å²) in [5, 5.41) is 3.56. The van der Waals surface area contributed by atoms with E-state index in [0.29, 0.717) is 12.6 Å². The van der Waals surface area contributed by atoms with Crippen molar-refractivity contribution in [3.63, 3.8) is 0 Å². The molecule has 5 heteroatoms. The molecule has 0 fully saturated rings. The average Bonchev–Trinajstić information content (AvgIpc) is 2.47. The Morgan fingerprint density at radius 1 is 1.33 bits per heavy atom. The van der Waals surface area contributed by atoms with Gasteiger partial charge in [0, 0.05) is 12.6 Å². The third kappa shape index (κ3) is 6.49. The molecule has 0 saturated carbocycles. The molecule has 0 aliphatic heterocycles. The maximum Gasteiger partial charge on any atom is 0.175 e. The van der Waals surface area contributed by atoms with E-state index in [1.165, 1.54) is 23.5 Å². The van der Waals surface area contributed by atoms with Crippen LogP contribution in [0.5, 0.6) is 11.5 Å². The van der Waals surface area contributed by atoms with Gasteiger partial charge in [-0.05, 0) is 65.4 Å².